The van der Waals surface area contributed by atoms with Gasteiger partial charge in [-0.2, -0.15) is 0 Å². The Morgan fingerprint density at radius 2 is 1.82 bits per heavy atom. The minimum Gasteiger partial charge on any atom is -0.322 e. The summed E-state index contributed by atoms with van der Waals surface area (Å²) in [7, 11) is 0. The molecule has 1 aromatic heterocycles. The standard InChI is InChI=1S/C22H18ClN3O2/c1-15-4-2-7-19(12-15)25-22(28)17-6-3-5-16(13-17)8-11-21(27)26-20-10-9-18(23)14-24-20/h2-14H,1H3,(H,25,28)(H,24,26,27)/b11-8+. The average Bonchev–Trinajstić information content (AvgIpc) is 2.68. The van der Waals surface area contributed by atoms with E-state index in [4.69, 9.17) is 11.6 Å². The van der Waals surface area contributed by atoms with Crippen LogP contribution in [0.25, 0.3) is 6.08 Å². The predicted molar refractivity (Wildman–Crippen MR) is 112 cm³/mol. The van der Waals surface area contributed by atoms with Crippen LogP contribution in [-0.2, 0) is 4.79 Å². The lowest BCUT2D eigenvalue weighted by Gasteiger charge is -2.06. The maximum Gasteiger partial charge on any atom is 0.255 e. The highest BCUT2D eigenvalue weighted by Gasteiger charge is 2.06. The monoisotopic (exact) mass is 391 g/mol. The fourth-order valence-corrected chi connectivity index (χ4v) is 2.61. The number of hydrogen-bond acceptors (Lipinski definition) is 3. The number of amides is 2. The molecule has 2 amide bonds. The molecule has 3 aromatic rings. The molecule has 0 unspecified atom stereocenters. The van der Waals surface area contributed by atoms with Gasteiger partial charge in [0.15, 0.2) is 0 Å². The second-order valence-electron chi connectivity index (χ2n) is 6.13. The maximum absolute atomic E-state index is 12.5. The van der Waals surface area contributed by atoms with Crippen LogP contribution in [-0.4, -0.2) is 16.8 Å². The van der Waals surface area contributed by atoms with Crippen LogP contribution in [0.15, 0.2) is 72.9 Å². The Balaban J connectivity index is 1.65. The van der Waals surface area contributed by atoms with Gasteiger partial charge in [-0.15, -0.1) is 0 Å². The summed E-state index contributed by atoms with van der Waals surface area (Å²) in [6.45, 7) is 1.96. The summed E-state index contributed by atoms with van der Waals surface area (Å²) in [5.74, 6) is -0.134. The molecule has 0 aliphatic carbocycles. The van der Waals surface area contributed by atoms with Crippen molar-refractivity contribution >= 4 is 41.0 Å². The molecule has 0 fully saturated rings. The predicted octanol–water partition coefficient (Wildman–Crippen LogP) is 4.95. The Kier molecular flexibility index (Phi) is 6.19. The third-order valence-corrected chi connectivity index (χ3v) is 4.05. The Bertz CT molecular complexity index is 1030. The lowest BCUT2D eigenvalue weighted by molar-refractivity contribution is -0.111. The summed E-state index contributed by atoms with van der Waals surface area (Å²) < 4.78 is 0. The molecule has 28 heavy (non-hydrogen) atoms. The average molecular weight is 392 g/mol. The van der Waals surface area contributed by atoms with Gasteiger partial charge in [-0.1, -0.05) is 35.9 Å². The molecule has 0 radical (unpaired) electrons. The molecule has 1 heterocycles. The van der Waals surface area contributed by atoms with E-state index in [2.05, 4.69) is 15.6 Å². The number of anilines is 2. The van der Waals surface area contributed by atoms with Crippen LogP contribution in [0.3, 0.4) is 0 Å². The largest absolute Gasteiger partial charge is 0.322 e. The van der Waals surface area contributed by atoms with Crippen molar-refractivity contribution in [3.63, 3.8) is 0 Å². The van der Waals surface area contributed by atoms with Crippen molar-refractivity contribution in [1.82, 2.24) is 4.98 Å². The number of aryl methyl sites for hydroxylation is 1. The van der Waals surface area contributed by atoms with Gasteiger partial charge in [-0.3, -0.25) is 9.59 Å². The van der Waals surface area contributed by atoms with Gasteiger partial charge in [-0.25, -0.2) is 4.98 Å². The van der Waals surface area contributed by atoms with E-state index in [0.717, 1.165) is 16.8 Å². The van der Waals surface area contributed by atoms with Gasteiger partial charge in [0, 0.05) is 23.5 Å². The normalized spacial score (nSPS) is 10.6. The minimum absolute atomic E-state index is 0.212. The van der Waals surface area contributed by atoms with E-state index >= 15 is 0 Å². The first-order valence-corrected chi connectivity index (χ1v) is 8.96. The van der Waals surface area contributed by atoms with Crippen molar-refractivity contribution in [2.45, 2.75) is 6.92 Å². The second kappa shape index (κ2) is 8.97. The number of aromatic nitrogens is 1. The van der Waals surface area contributed by atoms with E-state index < -0.39 is 0 Å². The summed E-state index contributed by atoms with van der Waals surface area (Å²) in [5, 5.41) is 6.00. The van der Waals surface area contributed by atoms with E-state index in [0.29, 0.717) is 16.4 Å². The van der Waals surface area contributed by atoms with E-state index in [-0.39, 0.29) is 11.8 Å². The van der Waals surface area contributed by atoms with Gasteiger partial charge in [0.25, 0.3) is 5.91 Å². The molecule has 5 nitrogen and oxygen atoms in total. The molecule has 0 saturated heterocycles. The topological polar surface area (TPSA) is 71.1 Å². The quantitative estimate of drug-likeness (QED) is 0.604. The molecule has 6 heteroatoms. The fraction of sp³-hybridized carbons (Fsp3) is 0.0455. The van der Waals surface area contributed by atoms with Gasteiger partial charge in [0.05, 0.1) is 5.02 Å². The smallest absolute Gasteiger partial charge is 0.255 e. The summed E-state index contributed by atoms with van der Waals surface area (Å²) in [4.78, 5) is 28.5. The summed E-state index contributed by atoms with van der Waals surface area (Å²) in [6, 6.07) is 17.9. The first-order valence-electron chi connectivity index (χ1n) is 8.58. The lowest BCUT2D eigenvalue weighted by atomic mass is 10.1. The fourth-order valence-electron chi connectivity index (χ4n) is 2.50. The van der Waals surface area contributed by atoms with Crippen LogP contribution in [0.2, 0.25) is 5.02 Å². The molecule has 140 valence electrons. The van der Waals surface area contributed by atoms with Crippen molar-refractivity contribution < 1.29 is 9.59 Å². The van der Waals surface area contributed by atoms with Crippen LogP contribution in [0.4, 0.5) is 11.5 Å². The zero-order valence-electron chi connectivity index (χ0n) is 15.1. The maximum atomic E-state index is 12.5. The van der Waals surface area contributed by atoms with Gasteiger partial charge in [0.1, 0.15) is 5.82 Å². The highest BCUT2D eigenvalue weighted by Crippen LogP contribution is 2.14. The molecule has 0 atom stereocenters. The van der Waals surface area contributed by atoms with E-state index in [1.165, 1.54) is 12.3 Å². The van der Waals surface area contributed by atoms with E-state index in [1.54, 1.807) is 36.4 Å². The van der Waals surface area contributed by atoms with Gasteiger partial charge < -0.3 is 10.6 Å². The summed E-state index contributed by atoms with van der Waals surface area (Å²) in [6.07, 6.45) is 4.47. The highest BCUT2D eigenvalue weighted by molar-refractivity contribution is 6.30. The number of pyridine rings is 1. The molecule has 0 bridgehead atoms. The van der Waals surface area contributed by atoms with Crippen LogP contribution in [0.5, 0.6) is 0 Å². The number of nitrogens with zero attached hydrogens (tertiary/aromatic N) is 1. The summed E-state index contributed by atoms with van der Waals surface area (Å²) >= 11 is 5.77. The molecular formula is C22H18ClN3O2. The van der Waals surface area contributed by atoms with Crippen molar-refractivity contribution in [3.8, 4) is 0 Å². The van der Waals surface area contributed by atoms with Crippen molar-refractivity contribution in [2.24, 2.45) is 0 Å². The third kappa shape index (κ3) is 5.53. The van der Waals surface area contributed by atoms with Crippen LogP contribution in [0, 0.1) is 6.92 Å². The third-order valence-electron chi connectivity index (χ3n) is 3.83. The number of benzene rings is 2. The number of carbonyl (C=O) groups excluding carboxylic acids is 2. The zero-order chi connectivity index (χ0) is 19.9. The van der Waals surface area contributed by atoms with Gasteiger partial charge in [-0.05, 0) is 60.5 Å². The molecule has 3 rings (SSSR count). The molecule has 0 aliphatic heterocycles. The number of rotatable bonds is 5. The van der Waals surface area contributed by atoms with Crippen molar-refractivity contribution in [1.29, 1.82) is 0 Å². The Morgan fingerprint density at radius 1 is 1.00 bits per heavy atom. The molecular weight excluding hydrogens is 374 g/mol. The molecule has 2 aromatic carbocycles. The van der Waals surface area contributed by atoms with Crippen LogP contribution < -0.4 is 10.6 Å². The van der Waals surface area contributed by atoms with Gasteiger partial charge >= 0.3 is 0 Å². The lowest BCUT2D eigenvalue weighted by Crippen LogP contribution is -2.12. The minimum atomic E-state index is -0.329. The molecule has 2 N–H and O–H groups in total. The first kappa shape index (κ1) is 19.3. The van der Waals surface area contributed by atoms with Crippen LogP contribution >= 0.6 is 11.6 Å². The molecule has 0 spiro atoms. The number of carbonyl (C=O) groups is 2. The SMILES string of the molecule is Cc1cccc(NC(=O)c2cccc(/C=C/C(=O)Nc3ccc(Cl)cn3)c2)c1. The second-order valence-corrected chi connectivity index (χ2v) is 6.57. The Labute approximate surface area is 168 Å². The molecule has 0 saturated carbocycles. The van der Waals surface area contributed by atoms with E-state index in [9.17, 15) is 9.59 Å². The summed E-state index contributed by atoms with van der Waals surface area (Å²) in [5.41, 5.74) is 3.04. The van der Waals surface area contributed by atoms with Gasteiger partial charge in [0.2, 0.25) is 5.91 Å². The Hall–Kier alpha value is -3.44. The van der Waals surface area contributed by atoms with E-state index in [1.807, 2.05) is 37.3 Å². The zero-order valence-corrected chi connectivity index (χ0v) is 15.9. The highest BCUT2D eigenvalue weighted by atomic mass is 35.5. The number of halogens is 1. The number of nitrogens with one attached hydrogen (secondary N) is 2. The van der Waals surface area contributed by atoms with Crippen molar-refractivity contribution in [2.75, 3.05) is 10.6 Å². The van der Waals surface area contributed by atoms with Crippen LogP contribution in [0.1, 0.15) is 21.5 Å². The van der Waals surface area contributed by atoms with Crippen molar-refractivity contribution in [3.05, 3.63) is 94.6 Å². The number of hydrogen-bond donors (Lipinski definition) is 2. The first-order chi connectivity index (χ1) is 13.5. The Morgan fingerprint density at radius 3 is 2.57 bits per heavy atom. The molecule has 0 aliphatic rings.